The van der Waals surface area contributed by atoms with Crippen LogP contribution in [-0.4, -0.2) is 72.2 Å². The minimum absolute atomic E-state index is 0.186. The molecule has 2 heterocycles. The molecule has 0 saturated carbocycles. The normalized spacial score (nSPS) is 17.0. The Balaban J connectivity index is 1.40. The number of carbonyl (C=O) groups is 4. The zero-order valence-corrected chi connectivity index (χ0v) is 20.9. The molecule has 2 aromatic carbocycles. The quantitative estimate of drug-likeness (QED) is 0.572. The molecule has 4 amide bonds. The monoisotopic (exact) mass is 509 g/mol. The first-order chi connectivity index (χ1) is 17.3. The molecule has 36 heavy (non-hydrogen) atoms. The average Bonchev–Trinajstić information content (AvgIpc) is 3.13. The molecule has 188 valence electrons. The Morgan fingerprint density at radius 3 is 2.61 bits per heavy atom. The summed E-state index contributed by atoms with van der Waals surface area (Å²) in [6, 6.07) is 12.7. The van der Waals surface area contributed by atoms with Crippen molar-refractivity contribution in [2.24, 2.45) is 0 Å². The molecule has 9 nitrogen and oxygen atoms in total. The highest BCUT2D eigenvalue weighted by Gasteiger charge is 2.37. The van der Waals surface area contributed by atoms with Crippen LogP contribution >= 0.6 is 11.8 Å². The Bertz CT molecular complexity index is 1220. The Hall–Kier alpha value is -3.63. The lowest BCUT2D eigenvalue weighted by Gasteiger charge is -2.28. The number of carbonyl (C=O) groups excluding carboxylic acids is 4. The zero-order chi connectivity index (χ0) is 25.7. The molecule has 0 atom stereocenters. The number of ether oxygens (including phenoxy) is 2. The fraction of sp³-hybridized carbons (Fsp3) is 0.308. The molecule has 2 aliphatic rings. The van der Waals surface area contributed by atoms with Gasteiger partial charge < -0.3 is 19.7 Å². The van der Waals surface area contributed by atoms with E-state index >= 15 is 0 Å². The molecule has 2 fully saturated rings. The van der Waals surface area contributed by atoms with Gasteiger partial charge in [0.2, 0.25) is 5.91 Å². The number of hydrogen-bond donors (Lipinski definition) is 1. The number of nitrogens with one attached hydrogen (secondary N) is 1. The van der Waals surface area contributed by atoms with E-state index in [-0.39, 0.29) is 29.9 Å². The number of rotatable bonds is 7. The summed E-state index contributed by atoms with van der Waals surface area (Å²) >= 11 is 0.771. The Morgan fingerprint density at radius 2 is 1.86 bits per heavy atom. The van der Waals surface area contributed by atoms with Crippen LogP contribution in [-0.2, 0) is 19.1 Å². The largest absolute Gasteiger partial charge is 0.483 e. The van der Waals surface area contributed by atoms with E-state index < -0.39 is 11.1 Å². The second-order valence-corrected chi connectivity index (χ2v) is 9.45. The first kappa shape index (κ1) is 25.5. The summed E-state index contributed by atoms with van der Waals surface area (Å²) in [7, 11) is 0. The summed E-state index contributed by atoms with van der Waals surface area (Å²) in [5, 5.41) is 2.33. The molecule has 0 spiro atoms. The van der Waals surface area contributed by atoms with Gasteiger partial charge in [-0.05, 0) is 49.4 Å². The van der Waals surface area contributed by atoms with Gasteiger partial charge in [-0.25, -0.2) is 0 Å². The number of amides is 4. The van der Waals surface area contributed by atoms with Crippen molar-refractivity contribution in [1.29, 1.82) is 0 Å². The van der Waals surface area contributed by atoms with Crippen LogP contribution in [0.4, 0.5) is 10.5 Å². The first-order valence-corrected chi connectivity index (χ1v) is 12.3. The van der Waals surface area contributed by atoms with Crippen LogP contribution < -0.4 is 10.1 Å². The van der Waals surface area contributed by atoms with Crippen molar-refractivity contribution in [1.82, 2.24) is 9.80 Å². The summed E-state index contributed by atoms with van der Waals surface area (Å²) in [6.45, 7) is 5.11. The van der Waals surface area contributed by atoms with E-state index in [1.165, 1.54) is 0 Å². The number of thioether (sulfide) groups is 1. The maximum absolute atomic E-state index is 12.9. The number of para-hydroxylation sites is 1. The van der Waals surface area contributed by atoms with Crippen LogP contribution in [0.3, 0.4) is 0 Å². The smallest absolute Gasteiger partial charge is 0.294 e. The molecule has 1 N–H and O–H groups in total. The van der Waals surface area contributed by atoms with E-state index in [1.54, 1.807) is 35.2 Å². The molecule has 10 heteroatoms. The van der Waals surface area contributed by atoms with Gasteiger partial charge >= 0.3 is 0 Å². The van der Waals surface area contributed by atoms with Gasteiger partial charge in [-0.2, -0.15) is 0 Å². The van der Waals surface area contributed by atoms with Crippen molar-refractivity contribution in [3.63, 3.8) is 0 Å². The first-order valence-electron chi connectivity index (χ1n) is 11.5. The third-order valence-corrected chi connectivity index (χ3v) is 6.66. The van der Waals surface area contributed by atoms with Gasteiger partial charge in [-0.1, -0.05) is 35.9 Å². The summed E-state index contributed by atoms with van der Waals surface area (Å²) in [4.78, 5) is 53.1. The molecule has 2 aliphatic heterocycles. The van der Waals surface area contributed by atoms with Crippen LogP contribution in [0.15, 0.2) is 47.4 Å². The van der Waals surface area contributed by atoms with Gasteiger partial charge in [0.25, 0.3) is 17.1 Å². The summed E-state index contributed by atoms with van der Waals surface area (Å²) in [5.41, 5.74) is 3.31. The van der Waals surface area contributed by atoms with Crippen molar-refractivity contribution in [3.8, 4) is 5.75 Å². The van der Waals surface area contributed by atoms with Crippen molar-refractivity contribution >= 4 is 46.5 Å². The zero-order valence-electron chi connectivity index (χ0n) is 20.1. The minimum Gasteiger partial charge on any atom is -0.483 e. The van der Waals surface area contributed by atoms with E-state index in [1.807, 2.05) is 32.0 Å². The molecule has 2 saturated heterocycles. The van der Waals surface area contributed by atoms with Gasteiger partial charge in [0, 0.05) is 24.3 Å². The maximum Gasteiger partial charge on any atom is 0.294 e. The van der Waals surface area contributed by atoms with Crippen LogP contribution in [0.2, 0.25) is 0 Å². The Morgan fingerprint density at radius 1 is 1.11 bits per heavy atom. The third kappa shape index (κ3) is 6.13. The summed E-state index contributed by atoms with van der Waals surface area (Å²) in [5.74, 6) is -0.752. The third-order valence-electron chi connectivity index (χ3n) is 5.75. The topological polar surface area (TPSA) is 105 Å². The standard InChI is InChI=1S/C26H27N3O6S/c1-17-7-8-20(18(2)13-17)27-23(30)16-35-21-6-4-3-5-19(21)14-22-25(32)29(26(33)36-22)15-24(31)28-9-11-34-12-10-28/h3-8,13-14H,9-12,15-16H2,1-2H3,(H,27,30)/b22-14-. The SMILES string of the molecule is Cc1ccc(NC(=O)COc2ccccc2/C=C2\SC(=O)N(CC(=O)N3CCOCC3)C2=O)c(C)c1. The lowest BCUT2D eigenvalue weighted by molar-refractivity contribution is -0.139. The van der Waals surface area contributed by atoms with Crippen LogP contribution in [0, 0.1) is 13.8 Å². The van der Waals surface area contributed by atoms with Crippen molar-refractivity contribution in [3.05, 3.63) is 64.1 Å². The average molecular weight is 510 g/mol. The maximum atomic E-state index is 12.9. The highest BCUT2D eigenvalue weighted by atomic mass is 32.2. The number of aryl methyl sites for hydroxylation is 2. The predicted molar refractivity (Wildman–Crippen MR) is 137 cm³/mol. The fourth-order valence-electron chi connectivity index (χ4n) is 3.84. The highest BCUT2D eigenvalue weighted by molar-refractivity contribution is 8.18. The Kier molecular flexibility index (Phi) is 8.07. The number of hydrogen-bond acceptors (Lipinski definition) is 7. The molecule has 0 unspecified atom stereocenters. The van der Waals surface area contributed by atoms with Crippen LogP contribution in [0.5, 0.6) is 5.75 Å². The molecular formula is C26H27N3O6S. The molecule has 0 aliphatic carbocycles. The minimum atomic E-state index is -0.533. The summed E-state index contributed by atoms with van der Waals surface area (Å²) in [6.07, 6.45) is 1.54. The van der Waals surface area contributed by atoms with Gasteiger partial charge in [-0.3, -0.25) is 24.1 Å². The van der Waals surface area contributed by atoms with E-state index in [0.29, 0.717) is 43.3 Å². The fourth-order valence-corrected chi connectivity index (χ4v) is 4.67. The molecule has 2 aromatic rings. The molecule has 4 rings (SSSR count). The molecule has 0 bridgehead atoms. The van der Waals surface area contributed by atoms with E-state index in [0.717, 1.165) is 27.8 Å². The Labute approximate surface area is 213 Å². The lowest BCUT2D eigenvalue weighted by Crippen LogP contribution is -2.46. The lowest BCUT2D eigenvalue weighted by atomic mass is 10.1. The van der Waals surface area contributed by atoms with Gasteiger partial charge in [-0.15, -0.1) is 0 Å². The van der Waals surface area contributed by atoms with Crippen LogP contribution in [0.25, 0.3) is 6.08 Å². The molecule has 0 radical (unpaired) electrons. The van der Waals surface area contributed by atoms with Gasteiger partial charge in [0.1, 0.15) is 12.3 Å². The highest BCUT2D eigenvalue weighted by Crippen LogP contribution is 2.34. The molecule has 0 aromatic heterocycles. The number of imide groups is 1. The van der Waals surface area contributed by atoms with Crippen molar-refractivity contribution in [2.75, 3.05) is 44.8 Å². The van der Waals surface area contributed by atoms with Crippen molar-refractivity contribution < 1.29 is 28.7 Å². The second-order valence-electron chi connectivity index (χ2n) is 8.45. The van der Waals surface area contributed by atoms with E-state index in [4.69, 9.17) is 9.47 Å². The predicted octanol–water partition coefficient (Wildman–Crippen LogP) is 3.22. The number of nitrogens with zero attached hydrogens (tertiary/aromatic N) is 2. The number of morpholine rings is 1. The van der Waals surface area contributed by atoms with Gasteiger partial charge in [0.15, 0.2) is 6.61 Å². The molecular weight excluding hydrogens is 482 g/mol. The second kappa shape index (κ2) is 11.4. The van der Waals surface area contributed by atoms with Crippen LogP contribution in [0.1, 0.15) is 16.7 Å². The summed E-state index contributed by atoms with van der Waals surface area (Å²) < 4.78 is 11.0. The van der Waals surface area contributed by atoms with E-state index in [2.05, 4.69) is 5.32 Å². The number of benzene rings is 2. The van der Waals surface area contributed by atoms with Crippen molar-refractivity contribution in [2.45, 2.75) is 13.8 Å². The van der Waals surface area contributed by atoms with Gasteiger partial charge in [0.05, 0.1) is 18.1 Å². The van der Waals surface area contributed by atoms with E-state index in [9.17, 15) is 19.2 Å². The number of anilines is 1.